The molecule has 0 amide bonds. The third kappa shape index (κ3) is 6.23. The SMILES string of the molecule is Cc1ccc(C(O)(C(=O)O)C(O)(C(=O)O)c2ccc(C)cc2)cc1.N#CC[C@H](C1CCCC1)n1cc(-c2ncnc3[nH]ccc23)cn1. The van der Waals surface area contributed by atoms with Gasteiger partial charge in [0, 0.05) is 23.3 Å². The zero-order valence-corrected chi connectivity index (χ0v) is 26.0. The van der Waals surface area contributed by atoms with E-state index in [0.717, 1.165) is 33.4 Å². The van der Waals surface area contributed by atoms with Gasteiger partial charge in [-0.25, -0.2) is 19.6 Å². The normalized spacial score (nSPS) is 16.3. The van der Waals surface area contributed by atoms with E-state index >= 15 is 0 Å². The van der Waals surface area contributed by atoms with Crippen LogP contribution < -0.4 is 0 Å². The maximum Gasteiger partial charge on any atom is 0.344 e. The van der Waals surface area contributed by atoms with Crippen molar-refractivity contribution in [2.24, 2.45) is 5.92 Å². The number of nitriles is 1. The summed E-state index contributed by atoms with van der Waals surface area (Å²) in [5.41, 5.74) is -2.34. The molecule has 2 aromatic carbocycles. The predicted octanol–water partition coefficient (Wildman–Crippen LogP) is 5.01. The van der Waals surface area contributed by atoms with Crippen molar-refractivity contribution in [2.45, 2.75) is 63.2 Å². The van der Waals surface area contributed by atoms with Crippen LogP contribution in [0.2, 0.25) is 0 Å². The summed E-state index contributed by atoms with van der Waals surface area (Å²) in [4.78, 5) is 35.4. The number of hydrogen-bond acceptors (Lipinski definition) is 8. The summed E-state index contributed by atoms with van der Waals surface area (Å²) in [5, 5.41) is 55.5. The number of aliphatic hydroxyl groups is 2. The van der Waals surface area contributed by atoms with Crippen molar-refractivity contribution in [3.63, 3.8) is 0 Å². The Balaban J connectivity index is 0.000000184. The van der Waals surface area contributed by atoms with Gasteiger partial charge in [-0.1, -0.05) is 72.5 Å². The molecule has 3 atom stereocenters. The lowest BCUT2D eigenvalue weighted by molar-refractivity contribution is -0.213. The third-order valence-electron chi connectivity index (χ3n) is 8.89. The van der Waals surface area contributed by atoms with Gasteiger partial charge in [0.25, 0.3) is 0 Å². The molecule has 1 aliphatic carbocycles. The number of fused-ring (bicyclic) bond motifs is 1. The van der Waals surface area contributed by atoms with Crippen LogP contribution in [0.1, 0.15) is 60.4 Å². The van der Waals surface area contributed by atoms with E-state index < -0.39 is 23.1 Å². The fraction of sp³-hybridized carbons (Fsp3) is 0.314. The van der Waals surface area contributed by atoms with Gasteiger partial charge in [-0.05, 0) is 49.8 Å². The summed E-state index contributed by atoms with van der Waals surface area (Å²) in [6.07, 6.45) is 12.7. The molecule has 0 spiro atoms. The van der Waals surface area contributed by atoms with Crippen molar-refractivity contribution >= 4 is 23.0 Å². The topological polar surface area (TPSA) is 198 Å². The second-order valence-corrected chi connectivity index (χ2v) is 11.9. The van der Waals surface area contributed by atoms with Crippen molar-refractivity contribution in [1.29, 1.82) is 5.26 Å². The summed E-state index contributed by atoms with van der Waals surface area (Å²) >= 11 is 0. The molecule has 5 aromatic rings. The first-order valence-electron chi connectivity index (χ1n) is 15.3. The highest BCUT2D eigenvalue weighted by atomic mass is 16.5. The Morgan fingerprint density at radius 2 is 1.49 bits per heavy atom. The number of carboxylic acids is 2. The fourth-order valence-corrected chi connectivity index (χ4v) is 6.22. The monoisotopic (exact) mass is 636 g/mol. The lowest BCUT2D eigenvalue weighted by Crippen LogP contribution is -2.59. The van der Waals surface area contributed by atoms with E-state index in [0.29, 0.717) is 12.3 Å². The first kappa shape index (κ1) is 33.0. The molecule has 12 heteroatoms. The number of aromatic amines is 1. The molecule has 2 unspecified atom stereocenters. The molecule has 1 saturated carbocycles. The zero-order chi connectivity index (χ0) is 33.8. The highest BCUT2D eigenvalue weighted by molar-refractivity contribution is 5.93. The van der Waals surface area contributed by atoms with Gasteiger partial charge in [-0.3, -0.25) is 4.68 Å². The average molecular weight is 637 g/mol. The van der Waals surface area contributed by atoms with E-state index in [1.807, 2.05) is 29.3 Å². The molecule has 0 radical (unpaired) electrons. The summed E-state index contributed by atoms with van der Waals surface area (Å²) in [6.45, 7) is 3.51. The molecular formula is C35H36N6O6. The number of nitrogens with zero attached hydrogens (tertiary/aromatic N) is 5. The first-order chi connectivity index (χ1) is 22.5. The van der Waals surface area contributed by atoms with Crippen LogP contribution in [0.15, 0.2) is 79.5 Å². The predicted molar refractivity (Wildman–Crippen MR) is 172 cm³/mol. The number of nitrogens with one attached hydrogen (secondary N) is 1. The van der Waals surface area contributed by atoms with Crippen molar-refractivity contribution in [1.82, 2.24) is 24.7 Å². The number of aryl methyl sites for hydroxylation is 2. The summed E-state index contributed by atoms with van der Waals surface area (Å²) in [7, 11) is 0. The largest absolute Gasteiger partial charge is 0.479 e. The molecule has 0 bridgehead atoms. The van der Waals surface area contributed by atoms with Gasteiger partial charge in [0.2, 0.25) is 11.2 Å². The molecule has 47 heavy (non-hydrogen) atoms. The number of aliphatic carboxylic acids is 2. The Bertz CT molecular complexity index is 1840. The van der Waals surface area contributed by atoms with Crippen LogP contribution in [0.25, 0.3) is 22.3 Å². The Hall–Kier alpha value is -5.38. The lowest BCUT2D eigenvalue weighted by Gasteiger charge is -2.37. The van der Waals surface area contributed by atoms with E-state index in [1.165, 1.54) is 74.2 Å². The van der Waals surface area contributed by atoms with Crippen LogP contribution in [-0.4, -0.2) is 57.1 Å². The zero-order valence-electron chi connectivity index (χ0n) is 26.0. The molecule has 1 aliphatic rings. The molecular weight excluding hydrogens is 600 g/mol. The van der Waals surface area contributed by atoms with Crippen molar-refractivity contribution in [3.8, 4) is 17.3 Å². The van der Waals surface area contributed by atoms with Crippen LogP contribution in [0.4, 0.5) is 0 Å². The van der Waals surface area contributed by atoms with Crippen LogP contribution >= 0.6 is 0 Å². The molecule has 6 rings (SSSR count). The standard InChI is InChI=1S/C18H18O6.C17H18N6/c1-11-3-7-13(8-4-11)17(23,15(19)20)18(24,16(21)22)14-9-5-12(2)6-10-14;18-7-5-15(12-3-1-2-4-12)23-10-13(9-22-23)16-14-6-8-19-17(14)21-11-20-16/h3-10,23-24H,1-2H3,(H,19,20)(H,21,22);6,8-12,15H,1-5H2,(H,19,20,21)/t;15-/m.1/s1. The van der Waals surface area contributed by atoms with Crippen molar-refractivity contribution in [3.05, 3.63) is 102 Å². The number of benzene rings is 2. The molecule has 12 nitrogen and oxygen atoms in total. The number of H-pyrrole nitrogens is 1. The highest BCUT2D eigenvalue weighted by Gasteiger charge is 2.63. The van der Waals surface area contributed by atoms with Gasteiger partial charge in [0.05, 0.1) is 30.4 Å². The van der Waals surface area contributed by atoms with Crippen LogP contribution in [0.3, 0.4) is 0 Å². The van der Waals surface area contributed by atoms with Gasteiger partial charge >= 0.3 is 11.9 Å². The minimum atomic E-state index is -3.07. The number of rotatable bonds is 9. The molecule has 0 aliphatic heterocycles. The summed E-state index contributed by atoms with van der Waals surface area (Å²) in [5.74, 6) is -3.17. The summed E-state index contributed by atoms with van der Waals surface area (Å²) < 4.78 is 1.97. The van der Waals surface area contributed by atoms with Gasteiger partial charge in [-0.2, -0.15) is 10.4 Å². The second kappa shape index (κ2) is 13.5. The maximum absolute atomic E-state index is 11.8. The minimum Gasteiger partial charge on any atom is -0.479 e. The van der Waals surface area contributed by atoms with E-state index in [-0.39, 0.29) is 17.2 Å². The first-order valence-corrected chi connectivity index (χ1v) is 15.3. The van der Waals surface area contributed by atoms with Gasteiger partial charge in [0.15, 0.2) is 0 Å². The lowest BCUT2D eigenvalue weighted by atomic mass is 9.73. The molecule has 3 aromatic heterocycles. The molecule has 1 fully saturated rings. The number of hydrogen-bond donors (Lipinski definition) is 5. The van der Waals surface area contributed by atoms with Crippen LogP contribution in [0.5, 0.6) is 0 Å². The number of carbonyl (C=O) groups is 2. The van der Waals surface area contributed by atoms with Crippen molar-refractivity contribution in [2.75, 3.05) is 0 Å². The second-order valence-electron chi connectivity index (χ2n) is 11.9. The fourth-order valence-electron chi connectivity index (χ4n) is 6.22. The minimum absolute atomic E-state index is 0.166. The van der Waals surface area contributed by atoms with E-state index in [1.54, 1.807) is 20.2 Å². The molecule has 0 saturated heterocycles. The Morgan fingerprint density at radius 3 is 2.00 bits per heavy atom. The molecule has 3 heterocycles. The Kier molecular flexibility index (Phi) is 9.51. The quantitative estimate of drug-likeness (QED) is 0.146. The summed E-state index contributed by atoms with van der Waals surface area (Å²) in [6, 6.07) is 15.7. The number of aromatic nitrogens is 5. The van der Waals surface area contributed by atoms with Crippen molar-refractivity contribution < 1.29 is 30.0 Å². The van der Waals surface area contributed by atoms with E-state index in [4.69, 9.17) is 0 Å². The van der Waals surface area contributed by atoms with E-state index in [2.05, 4.69) is 26.1 Å². The molecule has 5 N–H and O–H groups in total. The Morgan fingerprint density at radius 1 is 0.936 bits per heavy atom. The maximum atomic E-state index is 11.8. The smallest absolute Gasteiger partial charge is 0.344 e. The van der Waals surface area contributed by atoms with Gasteiger partial charge < -0.3 is 25.4 Å². The van der Waals surface area contributed by atoms with Crippen LogP contribution in [-0.2, 0) is 20.8 Å². The van der Waals surface area contributed by atoms with Crippen LogP contribution in [0, 0.1) is 31.1 Å². The average Bonchev–Trinajstić information content (AvgIpc) is 3.86. The van der Waals surface area contributed by atoms with E-state index in [9.17, 15) is 35.3 Å². The van der Waals surface area contributed by atoms with Gasteiger partial charge in [0.1, 0.15) is 12.0 Å². The van der Waals surface area contributed by atoms with Gasteiger partial charge in [-0.15, -0.1) is 0 Å². The highest BCUT2D eigenvalue weighted by Crippen LogP contribution is 2.42. The number of carboxylic acid groups (broad SMARTS) is 2. The third-order valence-corrected chi connectivity index (χ3v) is 8.89. The molecule has 242 valence electrons. The Labute approximate surface area is 271 Å².